The monoisotopic (exact) mass is 234 g/mol. The van der Waals surface area contributed by atoms with Crippen LogP contribution in [0.15, 0.2) is 24.3 Å². The molecule has 0 aliphatic carbocycles. The van der Waals surface area contributed by atoms with Gasteiger partial charge in [0.05, 0.1) is 6.61 Å². The number of aryl methyl sites for hydroxylation is 1. The number of benzene rings is 1. The molecule has 0 atom stereocenters. The van der Waals surface area contributed by atoms with E-state index in [0.717, 1.165) is 24.7 Å². The van der Waals surface area contributed by atoms with E-state index in [2.05, 4.69) is 45.0 Å². The molecule has 1 heteroatoms. The van der Waals surface area contributed by atoms with Gasteiger partial charge in [-0.25, -0.2) is 0 Å². The molecule has 1 aromatic carbocycles. The normalized spacial score (nSPS) is 10.8. The Balaban J connectivity index is 2.41. The summed E-state index contributed by atoms with van der Waals surface area (Å²) in [6.45, 7) is 7.54. The lowest BCUT2D eigenvalue weighted by molar-refractivity contribution is 0.229. The standard InChI is InChI=1S/C16H26O/c1-4-7-15(8-5-2)13-17-16-11-9-14(6-3)10-12-16/h9-12,15H,4-8,13H2,1-3H3. The molecule has 0 aromatic heterocycles. The van der Waals surface area contributed by atoms with Crippen LogP contribution in [0.4, 0.5) is 0 Å². The van der Waals surface area contributed by atoms with Gasteiger partial charge in [-0.2, -0.15) is 0 Å². The highest BCUT2D eigenvalue weighted by molar-refractivity contribution is 5.27. The predicted molar refractivity (Wildman–Crippen MR) is 74.6 cm³/mol. The summed E-state index contributed by atoms with van der Waals surface area (Å²) in [5.74, 6) is 1.73. The molecule has 0 fully saturated rings. The third-order valence-electron chi connectivity index (χ3n) is 3.21. The first-order valence-corrected chi connectivity index (χ1v) is 7.01. The lowest BCUT2D eigenvalue weighted by atomic mass is 9.99. The molecule has 0 aliphatic heterocycles. The minimum Gasteiger partial charge on any atom is -0.493 e. The van der Waals surface area contributed by atoms with Gasteiger partial charge in [-0.3, -0.25) is 0 Å². The topological polar surface area (TPSA) is 9.23 Å². The van der Waals surface area contributed by atoms with Crippen molar-refractivity contribution in [3.05, 3.63) is 29.8 Å². The Morgan fingerprint density at radius 2 is 1.53 bits per heavy atom. The average Bonchev–Trinajstić information content (AvgIpc) is 2.37. The van der Waals surface area contributed by atoms with Crippen molar-refractivity contribution in [1.82, 2.24) is 0 Å². The first-order valence-electron chi connectivity index (χ1n) is 7.01. The summed E-state index contributed by atoms with van der Waals surface area (Å²) in [4.78, 5) is 0. The van der Waals surface area contributed by atoms with Gasteiger partial charge in [0.15, 0.2) is 0 Å². The fourth-order valence-electron chi connectivity index (χ4n) is 2.16. The molecule has 1 aromatic rings. The molecule has 0 spiro atoms. The van der Waals surface area contributed by atoms with Crippen molar-refractivity contribution in [3.63, 3.8) is 0 Å². The zero-order valence-corrected chi connectivity index (χ0v) is 11.5. The maximum absolute atomic E-state index is 5.87. The Hall–Kier alpha value is -0.980. The van der Waals surface area contributed by atoms with Crippen LogP contribution in [0, 0.1) is 5.92 Å². The van der Waals surface area contributed by atoms with Gasteiger partial charge in [-0.05, 0) is 42.9 Å². The highest BCUT2D eigenvalue weighted by atomic mass is 16.5. The average molecular weight is 234 g/mol. The van der Waals surface area contributed by atoms with Crippen molar-refractivity contribution >= 4 is 0 Å². The van der Waals surface area contributed by atoms with Gasteiger partial charge in [0.1, 0.15) is 5.75 Å². The minimum absolute atomic E-state index is 0.718. The number of rotatable bonds is 8. The van der Waals surface area contributed by atoms with Gasteiger partial charge >= 0.3 is 0 Å². The highest BCUT2D eigenvalue weighted by Crippen LogP contribution is 2.17. The first-order chi connectivity index (χ1) is 8.30. The van der Waals surface area contributed by atoms with E-state index in [-0.39, 0.29) is 0 Å². The summed E-state index contributed by atoms with van der Waals surface area (Å²) in [6.07, 6.45) is 6.15. The molecule has 1 nitrogen and oxygen atoms in total. The molecule has 0 N–H and O–H groups in total. The molecular weight excluding hydrogens is 208 g/mol. The Kier molecular flexibility index (Phi) is 6.76. The molecule has 0 saturated carbocycles. The third-order valence-corrected chi connectivity index (χ3v) is 3.21. The Bertz CT molecular complexity index is 283. The lowest BCUT2D eigenvalue weighted by Crippen LogP contribution is -2.11. The van der Waals surface area contributed by atoms with Crippen molar-refractivity contribution < 1.29 is 4.74 Å². The SMILES string of the molecule is CCCC(CCC)COc1ccc(CC)cc1. The summed E-state index contributed by atoms with van der Waals surface area (Å²) < 4.78 is 5.87. The summed E-state index contributed by atoms with van der Waals surface area (Å²) in [5, 5.41) is 0. The van der Waals surface area contributed by atoms with E-state index < -0.39 is 0 Å². The molecule has 17 heavy (non-hydrogen) atoms. The van der Waals surface area contributed by atoms with Crippen LogP contribution < -0.4 is 4.74 Å². The zero-order chi connectivity index (χ0) is 12.5. The van der Waals surface area contributed by atoms with E-state index in [1.54, 1.807) is 0 Å². The third kappa shape index (κ3) is 5.25. The van der Waals surface area contributed by atoms with E-state index in [1.807, 2.05) is 0 Å². The molecule has 96 valence electrons. The first kappa shape index (κ1) is 14.1. The summed E-state index contributed by atoms with van der Waals surface area (Å²) >= 11 is 0. The molecule has 0 heterocycles. The molecule has 0 radical (unpaired) electrons. The van der Waals surface area contributed by atoms with Crippen molar-refractivity contribution in [2.45, 2.75) is 52.9 Å². The number of hydrogen-bond donors (Lipinski definition) is 0. The van der Waals surface area contributed by atoms with Gasteiger partial charge in [0.2, 0.25) is 0 Å². The van der Waals surface area contributed by atoms with Gasteiger partial charge in [-0.15, -0.1) is 0 Å². The van der Waals surface area contributed by atoms with E-state index in [9.17, 15) is 0 Å². The Morgan fingerprint density at radius 1 is 0.941 bits per heavy atom. The Labute approximate surface area is 106 Å². The number of hydrogen-bond acceptors (Lipinski definition) is 1. The molecule has 0 bridgehead atoms. The van der Waals surface area contributed by atoms with Crippen LogP contribution in [-0.2, 0) is 6.42 Å². The van der Waals surface area contributed by atoms with Gasteiger partial charge in [0.25, 0.3) is 0 Å². The van der Waals surface area contributed by atoms with E-state index in [4.69, 9.17) is 4.74 Å². The quantitative estimate of drug-likeness (QED) is 0.625. The van der Waals surface area contributed by atoms with Crippen LogP contribution in [0.2, 0.25) is 0 Å². The van der Waals surface area contributed by atoms with E-state index in [0.29, 0.717) is 0 Å². The largest absolute Gasteiger partial charge is 0.493 e. The second kappa shape index (κ2) is 8.16. The summed E-state index contributed by atoms with van der Waals surface area (Å²) in [5.41, 5.74) is 1.37. The number of ether oxygens (including phenoxy) is 1. The lowest BCUT2D eigenvalue weighted by Gasteiger charge is -2.16. The van der Waals surface area contributed by atoms with Crippen LogP contribution in [-0.4, -0.2) is 6.61 Å². The van der Waals surface area contributed by atoms with Crippen molar-refractivity contribution in [2.75, 3.05) is 6.61 Å². The second-order valence-electron chi connectivity index (χ2n) is 4.75. The highest BCUT2D eigenvalue weighted by Gasteiger charge is 2.07. The zero-order valence-electron chi connectivity index (χ0n) is 11.5. The van der Waals surface area contributed by atoms with Gasteiger partial charge in [-0.1, -0.05) is 45.7 Å². The molecule has 0 saturated heterocycles. The fourth-order valence-corrected chi connectivity index (χ4v) is 2.16. The molecule has 0 amide bonds. The predicted octanol–water partition coefficient (Wildman–Crippen LogP) is 4.84. The second-order valence-corrected chi connectivity index (χ2v) is 4.75. The van der Waals surface area contributed by atoms with E-state index in [1.165, 1.54) is 31.2 Å². The maximum Gasteiger partial charge on any atom is 0.119 e. The minimum atomic E-state index is 0.718. The maximum atomic E-state index is 5.87. The van der Waals surface area contributed by atoms with Crippen molar-refractivity contribution in [3.8, 4) is 5.75 Å². The van der Waals surface area contributed by atoms with Crippen LogP contribution in [0.25, 0.3) is 0 Å². The van der Waals surface area contributed by atoms with Crippen LogP contribution in [0.5, 0.6) is 5.75 Å². The van der Waals surface area contributed by atoms with Crippen LogP contribution in [0.1, 0.15) is 52.0 Å². The van der Waals surface area contributed by atoms with Gasteiger partial charge < -0.3 is 4.74 Å². The summed E-state index contributed by atoms with van der Waals surface area (Å²) in [7, 11) is 0. The van der Waals surface area contributed by atoms with Crippen molar-refractivity contribution in [1.29, 1.82) is 0 Å². The smallest absolute Gasteiger partial charge is 0.119 e. The van der Waals surface area contributed by atoms with Crippen molar-refractivity contribution in [2.24, 2.45) is 5.92 Å². The van der Waals surface area contributed by atoms with E-state index >= 15 is 0 Å². The molecule has 0 aliphatic rings. The van der Waals surface area contributed by atoms with Crippen LogP contribution in [0.3, 0.4) is 0 Å². The molecule has 1 rings (SSSR count). The molecular formula is C16H26O. The van der Waals surface area contributed by atoms with Gasteiger partial charge in [0, 0.05) is 0 Å². The van der Waals surface area contributed by atoms with Crippen LogP contribution >= 0.6 is 0 Å². The summed E-state index contributed by atoms with van der Waals surface area (Å²) in [6, 6.07) is 8.50. The fraction of sp³-hybridized carbons (Fsp3) is 0.625. The Morgan fingerprint density at radius 3 is 2.00 bits per heavy atom. The molecule has 0 unspecified atom stereocenters.